The van der Waals surface area contributed by atoms with Gasteiger partial charge in [-0.2, -0.15) is 0 Å². The number of piperazine rings is 1. The molecule has 2 aromatic carbocycles. The van der Waals surface area contributed by atoms with Crippen molar-refractivity contribution in [2.75, 3.05) is 31.1 Å². The Morgan fingerprint density at radius 2 is 1.88 bits per heavy atom. The minimum absolute atomic E-state index is 0.108. The Labute approximate surface area is 149 Å². The minimum Gasteiger partial charge on any atom is -0.345 e. The molecular weight excluding hydrogens is 337 g/mol. The maximum atomic E-state index is 13.7. The van der Waals surface area contributed by atoms with Gasteiger partial charge in [-0.3, -0.25) is 4.79 Å². The Balaban J connectivity index is 1.45. The quantitative estimate of drug-likeness (QED) is 0.703. The highest BCUT2D eigenvalue weighted by Crippen LogP contribution is 2.29. The van der Waals surface area contributed by atoms with Crippen molar-refractivity contribution in [1.29, 1.82) is 0 Å². The highest BCUT2D eigenvalue weighted by atomic mass is 32.1. The molecule has 1 amide bonds. The molecule has 4 nitrogen and oxygen atoms in total. The summed E-state index contributed by atoms with van der Waals surface area (Å²) >= 11 is 1.68. The Kier molecular flexibility index (Phi) is 4.13. The van der Waals surface area contributed by atoms with Gasteiger partial charge in [-0.25, -0.2) is 9.37 Å². The summed E-state index contributed by atoms with van der Waals surface area (Å²) in [6, 6.07) is 12.8. The SMILES string of the molecule is Cc1ccc(C(=O)N2CCN(c3nc4ccccc4s3)CC2)cc1F. The van der Waals surface area contributed by atoms with Gasteiger partial charge in [0.2, 0.25) is 0 Å². The topological polar surface area (TPSA) is 36.4 Å². The zero-order valence-electron chi connectivity index (χ0n) is 13.9. The summed E-state index contributed by atoms with van der Waals surface area (Å²) in [5.41, 5.74) is 1.98. The fourth-order valence-electron chi connectivity index (χ4n) is 3.00. The first kappa shape index (κ1) is 16.0. The second-order valence-corrected chi connectivity index (χ2v) is 7.22. The van der Waals surface area contributed by atoms with Crippen LogP contribution in [0.1, 0.15) is 15.9 Å². The molecule has 0 bridgehead atoms. The summed E-state index contributed by atoms with van der Waals surface area (Å²) in [6.45, 7) is 4.40. The van der Waals surface area contributed by atoms with Crippen molar-refractivity contribution in [3.05, 3.63) is 59.4 Å². The molecule has 0 aliphatic carbocycles. The van der Waals surface area contributed by atoms with E-state index >= 15 is 0 Å². The van der Waals surface area contributed by atoms with E-state index in [0.29, 0.717) is 24.2 Å². The van der Waals surface area contributed by atoms with Crippen LogP contribution >= 0.6 is 11.3 Å². The largest absolute Gasteiger partial charge is 0.345 e. The lowest BCUT2D eigenvalue weighted by Crippen LogP contribution is -2.48. The summed E-state index contributed by atoms with van der Waals surface area (Å²) < 4.78 is 14.9. The molecule has 1 aromatic heterocycles. The molecule has 0 unspecified atom stereocenters. The van der Waals surface area contributed by atoms with E-state index < -0.39 is 0 Å². The number of aromatic nitrogens is 1. The van der Waals surface area contributed by atoms with E-state index in [4.69, 9.17) is 0 Å². The van der Waals surface area contributed by atoms with Gasteiger partial charge in [-0.1, -0.05) is 29.5 Å². The number of hydrogen-bond donors (Lipinski definition) is 0. The van der Waals surface area contributed by atoms with Crippen molar-refractivity contribution in [3.63, 3.8) is 0 Å². The lowest BCUT2D eigenvalue weighted by Gasteiger charge is -2.34. The van der Waals surface area contributed by atoms with Crippen LogP contribution < -0.4 is 4.90 Å². The molecule has 0 N–H and O–H groups in total. The highest BCUT2D eigenvalue weighted by Gasteiger charge is 2.24. The van der Waals surface area contributed by atoms with Crippen molar-refractivity contribution >= 4 is 32.6 Å². The predicted octanol–water partition coefficient (Wildman–Crippen LogP) is 3.71. The average Bonchev–Trinajstić information content (AvgIpc) is 3.08. The number of carbonyl (C=O) groups excluding carboxylic acids is 1. The second-order valence-electron chi connectivity index (χ2n) is 6.21. The molecule has 0 atom stereocenters. The number of thiazole rings is 1. The van der Waals surface area contributed by atoms with Gasteiger partial charge in [0.1, 0.15) is 5.82 Å². The number of hydrogen-bond acceptors (Lipinski definition) is 4. The van der Waals surface area contributed by atoms with Crippen LogP contribution in [0, 0.1) is 12.7 Å². The molecule has 0 saturated carbocycles. The summed E-state index contributed by atoms with van der Waals surface area (Å²) in [5.74, 6) is -0.443. The van der Waals surface area contributed by atoms with Crippen molar-refractivity contribution in [1.82, 2.24) is 9.88 Å². The van der Waals surface area contributed by atoms with Gasteiger partial charge in [-0.05, 0) is 36.8 Å². The number of anilines is 1. The van der Waals surface area contributed by atoms with Crippen LogP contribution in [-0.4, -0.2) is 42.0 Å². The monoisotopic (exact) mass is 355 g/mol. The van der Waals surface area contributed by atoms with Crippen LogP contribution in [-0.2, 0) is 0 Å². The molecule has 6 heteroatoms. The van der Waals surface area contributed by atoms with Gasteiger partial charge in [-0.15, -0.1) is 0 Å². The van der Waals surface area contributed by atoms with Crippen LogP contribution in [0.5, 0.6) is 0 Å². The fourth-order valence-corrected chi connectivity index (χ4v) is 4.02. The first-order valence-electron chi connectivity index (χ1n) is 8.28. The molecule has 1 aliphatic heterocycles. The van der Waals surface area contributed by atoms with Gasteiger partial charge in [0.25, 0.3) is 5.91 Å². The maximum absolute atomic E-state index is 13.7. The van der Waals surface area contributed by atoms with Gasteiger partial charge in [0, 0.05) is 31.7 Å². The lowest BCUT2D eigenvalue weighted by atomic mass is 10.1. The first-order valence-corrected chi connectivity index (χ1v) is 9.09. The van der Waals surface area contributed by atoms with E-state index in [1.807, 2.05) is 18.2 Å². The number of benzene rings is 2. The zero-order valence-corrected chi connectivity index (χ0v) is 14.7. The molecule has 2 heterocycles. The second kappa shape index (κ2) is 6.44. The van der Waals surface area contributed by atoms with E-state index in [1.54, 1.807) is 35.3 Å². The van der Waals surface area contributed by atoms with E-state index in [-0.39, 0.29) is 11.7 Å². The molecule has 0 radical (unpaired) electrons. The van der Waals surface area contributed by atoms with Crippen molar-refractivity contribution in [3.8, 4) is 0 Å². The zero-order chi connectivity index (χ0) is 17.4. The van der Waals surface area contributed by atoms with Crippen molar-refractivity contribution in [2.24, 2.45) is 0 Å². The predicted molar refractivity (Wildman–Crippen MR) is 98.9 cm³/mol. The van der Waals surface area contributed by atoms with Crippen LogP contribution in [0.2, 0.25) is 0 Å². The number of rotatable bonds is 2. The number of para-hydroxylation sites is 1. The number of nitrogens with zero attached hydrogens (tertiary/aromatic N) is 3. The van der Waals surface area contributed by atoms with E-state index in [1.165, 1.54) is 10.8 Å². The number of aryl methyl sites for hydroxylation is 1. The molecule has 1 aliphatic rings. The van der Waals surface area contributed by atoms with Gasteiger partial charge >= 0.3 is 0 Å². The smallest absolute Gasteiger partial charge is 0.254 e. The number of halogens is 1. The summed E-state index contributed by atoms with van der Waals surface area (Å²) in [6.07, 6.45) is 0. The third-order valence-corrected chi connectivity index (χ3v) is 5.64. The Morgan fingerprint density at radius 3 is 2.60 bits per heavy atom. The maximum Gasteiger partial charge on any atom is 0.254 e. The van der Waals surface area contributed by atoms with E-state index in [9.17, 15) is 9.18 Å². The summed E-state index contributed by atoms with van der Waals surface area (Å²) in [4.78, 5) is 21.3. The molecule has 1 saturated heterocycles. The number of fused-ring (bicyclic) bond motifs is 1. The van der Waals surface area contributed by atoms with E-state index in [2.05, 4.69) is 16.0 Å². The first-order chi connectivity index (χ1) is 12.1. The van der Waals surface area contributed by atoms with Gasteiger partial charge in [0.05, 0.1) is 10.2 Å². The fraction of sp³-hybridized carbons (Fsp3) is 0.263. The van der Waals surface area contributed by atoms with Crippen LogP contribution in [0.3, 0.4) is 0 Å². The highest BCUT2D eigenvalue weighted by molar-refractivity contribution is 7.22. The molecule has 25 heavy (non-hydrogen) atoms. The Bertz CT molecular complexity index is 898. The molecule has 128 valence electrons. The lowest BCUT2D eigenvalue weighted by molar-refractivity contribution is 0.0746. The number of amides is 1. The van der Waals surface area contributed by atoms with Crippen LogP contribution in [0.25, 0.3) is 10.2 Å². The third-order valence-electron chi connectivity index (χ3n) is 4.54. The normalized spacial score (nSPS) is 15.0. The molecule has 3 aromatic rings. The van der Waals surface area contributed by atoms with Crippen molar-refractivity contribution < 1.29 is 9.18 Å². The average molecular weight is 355 g/mol. The Hall–Kier alpha value is -2.47. The molecular formula is C19H18FN3OS. The standard InChI is InChI=1S/C19H18FN3OS/c1-13-6-7-14(12-15(13)20)18(24)22-8-10-23(11-9-22)19-21-16-4-2-3-5-17(16)25-19/h2-7,12H,8-11H2,1H3. The van der Waals surface area contributed by atoms with Crippen LogP contribution in [0.15, 0.2) is 42.5 Å². The number of carbonyl (C=O) groups is 1. The van der Waals surface area contributed by atoms with Crippen LogP contribution in [0.4, 0.5) is 9.52 Å². The van der Waals surface area contributed by atoms with Gasteiger partial charge in [0.15, 0.2) is 5.13 Å². The van der Waals surface area contributed by atoms with Crippen molar-refractivity contribution in [2.45, 2.75) is 6.92 Å². The molecule has 0 spiro atoms. The Morgan fingerprint density at radius 1 is 1.12 bits per heavy atom. The molecule has 1 fully saturated rings. The van der Waals surface area contributed by atoms with Gasteiger partial charge < -0.3 is 9.80 Å². The minimum atomic E-state index is -0.334. The molecule has 4 rings (SSSR count). The summed E-state index contributed by atoms with van der Waals surface area (Å²) in [5, 5.41) is 0.995. The summed E-state index contributed by atoms with van der Waals surface area (Å²) in [7, 11) is 0. The van der Waals surface area contributed by atoms with E-state index in [0.717, 1.165) is 23.7 Å². The third kappa shape index (κ3) is 3.09.